The fourth-order valence-corrected chi connectivity index (χ4v) is 5.43. The number of rotatable bonds is 7. The van der Waals surface area contributed by atoms with Crippen molar-refractivity contribution in [3.63, 3.8) is 0 Å². The Kier molecular flexibility index (Phi) is 5.69. The lowest BCUT2D eigenvalue weighted by Gasteiger charge is -2.45. The molecular formula is C28H29N3O4. The quantitative estimate of drug-likeness (QED) is 0.529. The van der Waals surface area contributed by atoms with Crippen LogP contribution in [0.4, 0.5) is 11.4 Å². The van der Waals surface area contributed by atoms with Gasteiger partial charge in [0.15, 0.2) is 5.75 Å². The van der Waals surface area contributed by atoms with E-state index in [4.69, 9.17) is 9.73 Å². The highest BCUT2D eigenvalue weighted by atomic mass is 16.5. The maximum absolute atomic E-state index is 11.3. The van der Waals surface area contributed by atoms with Gasteiger partial charge in [-0.1, -0.05) is 36.4 Å². The molecule has 3 aromatic carbocycles. The first-order valence-corrected chi connectivity index (χ1v) is 11.7. The van der Waals surface area contributed by atoms with Gasteiger partial charge in [-0.2, -0.15) is 0 Å². The molecule has 1 atom stereocenters. The molecule has 1 unspecified atom stereocenters. The molecule has 1 N–H and O–H groups in total. The van der Waals surface area contributed by atoms with Crippen molar-refractivity contribution in [2.24, 2.45) is 4.99 Å². The standard InChI is InChI=1S/C28H29N3O4/c1-27(2)23-9-8-19(17-34)14-24(23)30(3)28(27)18-29-25-22-7-5-4-6-20(22)15-21(26(25)35-28)16-31(10-12-32)11-13-33/h4-9,12-15,18,34H,10-11,16-17H2,1-3H3. The van der Waals surface area contributed by atoms with Crippen molar-refractivity contribution in [3.05, 3.63) is 65.2 Å². The van der Waals surface area contributed by atoms with E-state index in [2.05, 4.69) is 30.9 Å². The Morgan fingerprint density at radius 3 is 2.54 bits per heavy atom. The van der Waals surface area contributed by atoms with Crippen LogP contribution in [0.5, 0.6) is 5.75 Å². The molecule has 0 fully saturated rings. The maximum Gasteiger partial charge on any atom is 0.228 e. The van der Waals surface area contributed by atoms with Gasteiger partial charge in [-0.15, -0.1) is 0 Å². The average Bonchev–Trinajstić information content (AvgIpc) is 3.02. The lowest BCUT2D eigenvalue weighted by Crippen LogP contribution is -2.61. The topological polar surface area (TPSA) is 82.4 Å². The van der Waals surface area contributed by atoms with Crippen LogP contribution in [0.25, 0.3) is 10.8 Å². The summed E-state index contributed by atoms with van der Waals surface area (Å²) in [5.41, 5.74) is 3.20. The normalized spacial score (nSPS) is 19.6. The van der Waals surface area contributed by atoms with Crippen molar-refractivity contribution >= 4 is 40.9 Å². The van der Waals surface area contributed by atoms with Gasteiger partial charge < -0.3 is 24.3 Å². The maximum atomic E-state index is 11.3. The third-order valence-corrected chi connectivity index (χ3v) is 7.41. The molecule has 7 heteroatoms. The monoisotopic (exact) mass is 471 g/mol. The Morgan fingerprint density at radius 2 is 1.83 bits per heavy atom. The van der Waals surface area contributed by atoms with Gasteiger partial charge in [-0.25, -0.2) is 0 Å². The van der Waals surface area contributed by atoms with Gasteiger partial charge in [0, 0.05) is 30.2 Å². The van der Waals surface area contributed by atoms with Crippen LogP contribution in [0.15, 0.2) is 53.5 Å². The van der Waals surface area contributed by atoms with Crippen LogP contribution in [-0.4, -0.2) is 54.7 Å². The summed E-state index contributed by atoms with van der Waals surface area (Å²) in [5, 5.41) is 11.7. The highest BCUT2D eigenvalue weighted by Crippen LogP contribution is 2.55. The molecule has 1 spiro atoms. The Balaban J connectivity index is 1.67. The number of benzene rings is 3. The van der Waals surface area contributed by atoms with Gasteiger partial charge in [0.2, 0.25) is 5.72 Å². The molecule has 0 saturated carbocycles. The SMILES string of the molecule is CN1c2cc(CO)ccc2C(C)(C)C12C=Nc1c(c(CN(CC=O)CC=O)cc3ccccc13)O2. The third kappa shape index (κ3) is 3.46. The fraction of sp³-hybridized carbons (Fsp3) is 0.321. The molecule has 0 radical (unpaired) electrons. The number of nitrogens with zero attached hydrogens (tertiary/aromatic N) is 3. The molecule has 5 rings (SSSR count). The Hall–Kier alpha value is -3.55. The van der Waals surface area contributed by atoms with Crippen LogP contribution in [0.2, 0.25) is 0 Å². The third-order valence-electron chi connectivity index (χ3n) is 7.41. The van der Waals surface area contributed by atoms with Crippen molar-refractivity contribution in [1.29, 1.82) is 0 Å². The first-order chi connectivity index (χ1) is 16.9. The lowest BCUT2D eigenvalue weighted by atomic mass is 9.77. The van der Waals surface area contributed by atoms with Gasteiger partial charge in [0.25, 0.3) is 0 Å². The van der Waals surface area contributed by atoms with E-state index in [1.807, 2.05) is 49.7 Å². The van der Waals surface area contributed by atoms with E-state index in [9.17, 15) is 14.7 Å². The van der Waals surface area contributed by atoms with E-state index in [-0.39, 0.29) is 19.7 Å². The van der Waals surface area contributed by atoms with Crippen LogP contribution in [0.1, 0.15) is 30.5 Å². The predicted molar refractivity (Wildman–Crippen MR) is 137 cm³/mol. The van der Waals surface area contributed by atoms with Crippen LogP contribution < -0.4 is 9.64 Å². The van der Waals surface area contributed by atoms with Crippen molar-refractivity contribution < 1.29 is 19.4 Å². The number of ether oxygens (including phenoxy) is 1. The number of fused-ring (bicyclic) bond motifs is 4. The second-order valence-corrected chi connectivity index (χ2v) is 9.71. The second kappa shape index (κ2) is 8.59. The molecule has 3 aromatic rings. The minimum absolute atomic E-state index is 0.0359. The van der Waals surface area contributed by atoms with E-state index in [1.165, 1.54) is 0 Å². The molecule has 0 saturated heterocycles. The average molecular weight is 472 g/mol. The van der Waals surface area contributed by atoms with Crippen LogP contribution in [-0.2, 0) is 28.2 Å². The smallest absolute Gasteiger partial charge is 0.228 e. The number of aliphatic imine (C=N–C) groups is 1. The molecule has 0 aromatic heterocycles. The van der Waals surface area contributed by atoms with Crippen LogP contribution >= 0.6 is 0 Å². The van der Waals surface area contributed by atoms with Gasteiger partial charge in [0.1, 0.15) is 18.3 Å². The van der Waals surface area contributed by atoms with Crippen LogP contribution in [0.3, 0.4) is 0 Å². The second-order valence-electron chi connectivity index (χ2n) is 9.71. The van der Waals surface area contributed by atoms with Gasteiger partial charge in [-0.05, 0) is 42.5 Å². The predicted octanol–water partition coefficient (Wildman–Crippen LogP) is 3.75. The molecule has 180 valence electrons. The number of likely N-dealkylation sites (N-methyl/N-ethyl adjacent to an activating group) is 1. The highest BCUT2D eigenvalue weighted by molar-refractivity contribution is 6.00. The van der Waals surface area contributed by atoms with Crippen molar-refractivity contribution in [3.8, 4) is 5.75 Å². The number of anilines is 1. The zero-order valence-corrected chi connectivity index (χ0v) is 20.2. The van der Waals surface area contributed by atoms with Gasteiger partial charge in [-0.3, -0.25) is 9.89 Å². The lowest BCUT2D eigenvalue weighted by molar-refractivity contribution is -0.111. The van der Waals surface area contributed by atoms with Gasteiger partial charge in [0.05, 0.1) is 31.3 Å². The Morgan fingerprint density at radius 1 is 1.09 bits per heavy atom. The van der Waals surface area contributed by atoms with E-state index in [0.29, 0.717) is 12.3 Å². The minimum atomic E-state index is -0.895. The van der Waals surface area contributed by atoms with Gasteiger partial charge >= 0.3 is 0 Å². The van der Waals surface area contributed by atoms with E-state index in [0.717, 1.165) is 51.4 Å². The summed E-state index contributed by atoms with van der Waals surface area (Å²) in [4.78, 5) is 31.4. The summed E-state index contributed by atoms with van der Waals surface area (Å²) in [7, 11) is 1.98. The zero-order valence-electron chi connectivity index (χ0n) is 20.2. The van der Waals surface area contributed by atoms with E-state index >= 15 is 0 Å². The molecule has 2 aliphatic rings. The molecule has 0 amide bonds. The number of aliphatic hydroxyl groups excluding tert-OH is 1. The number of hydrogen-bond donors (Lipinski definition) is 1. The summed E-state index contributed by atoms with van der Waals surface area (Å²) >= 11 is 0. The summed E-state index contributed by atoms with van der Waals surface area (Å²) in [5.74, 6) is 0.656. The Bertz CT molecular complexity index is 1340. The molecular weight excluding hydrogens is 442 g/mol. The summed E-state index contributed by atoms with van der Waals surface area (Å²) in [6, 6.07) is 16.1. The Labute approximate surface area is 204 Å². The number of carbonyl (C=O) groups is 2. The molecule has 2 aliphatic heterocycles. The summed E-state index contributed by atoms with van der Waals surface area (Å²) < 4.78 is 6.97. The van der Waals surface area contributed by atoms with Crippen molar-refractivity contribution in [2.45, 2.75) is 38.1 Å². The number of aliphatic hydroxyl groups is 1. The minimum Gasteiger partial charge on any atom is -0.459 e. The summed E-state index contributed by atoms with van der Waals surface area (Å²) in [6.07, 6.45) is 3.50. The number of carbonyl (C=O) groups excluding carboxylic acids is 2. The zero-order chi connectivity index (χ0) is 24.8. The molecule has 35 heavy (non-hydrogen) atoms. The van der Waals surface area contributed by atoms with E-state index in [1.54, 1.807) is 4.90 Å². The fourth-order valence-electron chi connectivity index (χ4n) is 5.43. The van der Waals surface area contributed by atoms with Crippen molar-refractivity contribution in [2.75, 3.05) is 25.0 Å². The first-order valence-electron chi connectivity index (χ1n) is 11.7. The molecule has 0 bridgehead atoms. The molecule has 2 heterocycles. The number of aldehydes is 2. The van der Waals surface area contributed by atoms with E-state index < -0.39 is 11.1 Å². The summed E-state index contributed by atoms with van der Waals surface area (Å²) in [6.45, 7) is 4.91. The van der Waals surface area contributed by atoms with Crippen molar-refractivity contribution in [1.82, 2.24) is 4.90 Å². The molecule has 0 aliphatic carbocycles. The highest BCUT2D eigenvalue weighted by Gasteiger charge is 2.58. The van der Waals surface area contributed by atoms with Crippen LogP contribution in [0, 0.1) is 0 Å². The largest absolute Gasteiger partial charge is 0.459 e. The number of hydrogen-bond acceptors (Lipinski definition) is 7. The first kappa shape index (κ1) is 23.2. The molecule has 7 nitrogen and oxygen atoms in total.